The normalized spacial score (nSPS) is 30.3. The molecule has 16 heavy (non-hydrogen) atoms. The molecule has 1 aliphatic rings. The fourth-order valence-corrected chi connectivity index (χ4v) is 2.78. The summed E-state index contributed by atoms with van der Waals surface area (Å²) in [4.78, 5) is 0. The summed E-state index contributed by atoms with van der Waals surface area (Å²) in [7, 11) is 0. The van der Waals surface area contributed by atoms with Crippen molar-refractivity contribution in [2.45, 2.75) is 44.6 Å². The lowest BCUT2D eigenvalue weighted by Gasteiger charge is -2.35. The quantitative estimate of drug-likeness (QED) is 0.814. The summed E-state index contributed by atoms with van der Waals surface area (Å²) in [6, 6.07) is 6.47. The highest BCUT2D eigenvalue weighted by atomic mass is 19.1. The topological polar surface area (TPSA) is 20.2 Å². The van der Waals surface area contributed by atoms with Crippen LogP contribution in [0.3, 0.4) is 0 Å². The Labute approximate surface area is 96.3 Å². The Kier molecular flexibility index (Phi) is 3.29. The van der Waals surface area contributed by atoms with Gasteiger partial charge in [0.25, 0.3) is 0 Å². The minimum absolute atomic E-state index is 0.215. The van der Waals surface area contributed by atoms with E-state index in [4.69, 9.17) is 0 Å². The minimum atomic E-state index is -0.574. The summed E-state index contributed by atoms with van der Waals surface area (Å²) in [5.74, 6) is 0.381. The SMILES string of the molecule is CC1CCCC(O)(Cc2ccc(F)cc2)C1. The van der Waals surface area contributed by atoms with E-state index in [0.717, 1.165) is 24.8 Å². The number of hydrogen-bond acceptors (Lipinski definition) is 1. The molecule has 0 radical (unpaired) electrons. The van der Waals surface area contributed by atoms with Crippen molar-refractivity contribution in [2.24, 2.45) is 5.92 Å². The van der Waals surface area contributed by atoms with Crippen LogP contribution < -0.4 is 0 Å². The second-order valence-electron chi connectivity index (χ2n) is 5.23. The molecule has 0 bridgehead atoms. The zero-order valence-corrected chi connectivity index (χ0v) is 9.75. The van der Waals surface area contributed by atoms with Crippen LogP contribution in [0.25, 0.3) is 0 Å². The Morgan fingerprint density at radius 2 is 2.06 bits per heavy atom. The molecule has 2 heteroatoms. The third-order valence-electron chi connectivity index (χ3n) is 3.51. The summed E-state index contributed by atoms with van der Waals surface area (Å²) in [5, 5.41) is 10.5. The monoisotopic (exact) mass is 222 g/mol. The standard InChI is InChI=1S/C14H19FO/c1-11-3-2-8-14(16,9-11)10-12-4-6-13(15)7-5-12/h4-7,11,16H,2-3,8-10H2,1H3. The van der Waals surface area contributed by atoms with E-state index in [1.165, 1.54) is 18.6 Å². The molecule has 0 saturated heterocycles. The zero-order valence-electron chi connectivity index (χ0n) is 9.75. The Hall–Kier alpha value is -0.890. The average molecular weight is 222 g/mol. The van der Waals surface area contributed by atoms with E-state index in [1.807, 2.05) is 0 Å². The minimum Gasteiger partial charge on any atom is -0.390 e. The fourth-order valence-electron chi connectivity index (χ4n) is 2.78. The molecule has 1 aliphatic carbocycles. The molecule has 0 aromatic heterocycles. The first-order valence-electron chi connectivity index (χ1n) is 6.04. The van der Waals surface area contributed by atoms with Gasteiger partial charge in [-0.25, -0.2) is 4.39 Å². The van der Waals surface area contributed by atoms with Gasteiger partial charge in [-0.2, -0.15) is 0 Å². The highest BCUT2D eigenvalue weighted by molar-refractivity contribution is 5.18. The number of rotatable bonds is 2. The van der Waals surface area contributed by atoms with Gasteiger partial charge in [0, 0.05) is 6.42 Å². The Balaban J connectivity index is 2.05. The molecule has 1 N–H and O–H groups in total. The van der Waals surface area contributed by atoms with Gasteiger partial charge >= 0.3 is 0 Å². The molecule has 1 aromatic rings. The van der Waals surface area contributed by atoms with Crippen LogP contribution in [-0.4, -0.2) is 10.7 Å². The molecule has 2 unspecified atom stereocenters. The molecule has 1 nitrogen and oxygen atoms in total. The van der Waals surface area contributed by atoms with Crippen LogP contribution >= 0.6 is 0 Å². The van der Waals surface area contributed by atoms with E-state index in [9.17, 15) is 9.50 Å². The zero-order chi connectivity index (χ0) is 11.6. The van der Waals surface area contributed by atoms with Gasteiger partial charge in [0.1, 0.15) is 5.82 Å². The third-order valence-corrected chi connectivity index (χ3v) is 3.51. The fraction of sp³-hybridized carbons (Fsp3) is 0.571. The lowest BCUT2D eigenvalue weighted by atomic mass is 9.76. The van der Waals surface area contributed by atoms with E-state index < -0.39 is 5.60 Å². The molecule has 0 aliphatic heterocycles. The second kappa shape index (κ2) is 4.54. The largest absolute Gasteiger partial charge is 0.390 e. The van der Waals surface area contributed by atoms with Crippen LogP contribution in [0.4, 0.5) is 4.39 Å². The summed E-state index contributed by atoms with van der Waals surface area (Å²) in [5.41, 5.74) is 0.452. The van der Waals surface area contributed by atoms with E-state index in [1.54, 1.807) is 12.1 Å². The molecule has 1 saturated carbocycles. The van der Waals surface area contributed by atoms with Crippen LogP contribution in [-0.2, 0) is 6.42 Å². The van der Waals surface area contributed by atoms with Gasteiger partial charge < -0.3 is 5.11 Å². The Morgan fingerprint density at radius 1 is 1.38 bits per heavy atom. The van der Waals surface area contributed by atoms with Crippen LogP contribution in [0.1, 0.15) is 38.2 Å². The van der Waals surface area contributed by atoms with E-state index in [2.05, 4.69) is 6.92 Å². The summed E-state index contributed by atoms with van der Waals surface area (Å²) >= 11 is 0. The van der Waals surface area contributed by atoms with Crippen LogP contribution in [0.5, 0.6) is 0 Å². The highest BCUT2D eigenvalue weighted by Gasteiger charge is 2.32. The molecule has 0 spiro atoms. The molecular formula is C14H19FO. The molecule has 2 rings (SSSR count). The molecule has 1 fully saturated rings. The summed E-state index contributed by atoms with van der Waals surface area (Å²) in [6.07, 6.45) is 4.70. The predicted molar refractivity (Wildman–Crippen MR) is 62.7 cm³/mol. The van der Waals surface area contributed by atoms with Crippen molar-refractivity contribution in [3.63, 3.8) is 0 Å². The molecular weight excluding hydrogens is 203 g/mol. The summed E-state index contributed by atoms with van der Waals surface area (Å²) in [6.45, 7) is 2.19. The number of hydrogen-bond donors (Lipinski definition) is 1. The van der Waals surface area contributed by atoms with Crippen molar-refractivity contribution in [3.05, 3.63) is 35.6 Å². The number of aliphatic hydroxyl groups is 1. The van der Waals surface area contributed by atoms with Crippen molar-refractivity contribution in [1.29, 1.82) is 0 Å². The van der Waals surface area contributed by atoms with Crippen molar-refractivity contribution >= 4 is 0 Å². The van der Waals surface area contributed by atoms with Gasteiger partial charge in [-0.3, -0.25) is 0 Å². The van der Waals surface area contributed by atoms with Gasteiger partial charge in [-0.15, -0.1) is 0 Å². The van der Waals surface area contributed by atoms with E-state index in [0.29, 0.717) is 12.3 Å². The van der Waals surface area contributed by atoms with Gasteiger partial charge in [0.05, 0.1) is 5.60 Å². The van der Waals surface area contributed by atoms with Gasteiger partial charge in [0.2, 0.25) is 0 Å². The summed E-state index contributed by atoms with van der Waals surface area (Å²) < 4.78 is 12.8. The maximum absolute atomic E-state index is 12.8. The maximum Gasteiger partial charge on any atom is 0.123 e. The van der Waals surface area contributed by atoms with Gasteiger partial charge in [-0.05, 0) is 36.5 Å². The first-order chi connectivity index (χ1) is 7.57. The smallest absolute Gasteiger partial charge is 0.123 e. The van der Waals surface area contributed by atoms with Crippen LogP contribution in [0, 0.1) is 11.7 Å². The van der Waals surface area contributed by atoms with Crippen LogP contribution in [0.2, 0.25) is 0 Å². The van der Waals surface area contributed by atoms with Crippen molar-refractivity contribution in [1.82, 2.24) is 0 Å². The number of benzene rings is 1. The first kappa shape index (κ1) is 11.6. The van der Waals surface area contributed by atoms with E-state index in [-0.39, 0.29) is 5.82 Å². The van der Waals surface area contributed by atoms with Gasteiger partial charge in [-0.1, -0.05) is 31.9 Å². The van der Waals surface area contributed by atoms with Crippen molar-refractivity contribution < 1.29 is 9.50 Å². The average Bonchev–Trinajstić information content (AvgIpc) is 2.21. The number of halogens is 1. The predicted octanol–water partition coefficient (Wildman–Crippen LogP) is 3.31. The molecule has 0 heterocycles. The maximum atomic E-state index is 12.8. The lowest BCUT2D eigenvalue weighted by Crippen LogP contribution is -2.36. The van der Waals surface area contributed by atoms with E-state index >= 15 is 0 Å². The molecule has 1 aromatic carbocycles. The second-order valence-corrected chi connectivity index (χ2v) is 5.23. The lowest BCUT2D eigenvalue weighted by molar-refractivity contribution is -0.0124. The Bertz CT molecular complexity index is 346. The highest BCUT2D eigenvalue weighted by Crippen LogP contribution is 2.34. The molecule has 2 atom stereocenters. The Morgan fingerprint density at radius 3 is 2.69 bits per heavy atom. The molecule has 88 valence electrons. The first-order valence-corrected chi connectivity index (χ1v) is 6.04. The van der Waals surface area contributed by atoms with Crippen molar-refractivity contribution in [2.75, 3.05) is 0 Å². The molecule has 0 amide bonds. The third kappa shape index (κ3) is 2.82. The van der Waals surface area contributed by atoms with Crippen LogP contribution in [0.15, 0.2) is 24.3 Å². The van der Waals surface area contributed by atoms with Crippen molar-refractivity contribution in [3.8, 4) is 0 Å². The van der Waals surface area contributed by atoms with Gasteiger partial charge in [0.15, 0.2) is 0 Å².